The van der Waals surface area contributed by atoms with Crippen molar-refractivity contribution >= 4 is 11.8 Å². The number of nitrogens with zero attached hydrogens (tertiary/aromatic N) is 1. The molecule has 1 fully saturated rings. The Kier molecular flexibility index (Phi) is 7.31. The highest BCUT2D eigenvalue weighted by atomic mass is 16.5. The van der Waals surface area contributed by atoms with Crippen molar-refractivity contribution in [1.82, 2.24) is 4.90 Å². The number of piperidine rings is 1. The Labute approximate surface area is 207 Å². The third-order valence-electron chi connectivity index (χ3n) is 6.96. The van der Waals surface area contributed by atoms with Crippen molar-refractivity contribution in [2.24, 2.45) is 5.73 Å². The average molecular weight is 472 g/mol. The Balaban J connectivity index is 1.25. The fraction of sp³-hybridized carbons (Fsp3) is 0.345. The number of amides is 1. The molecule has 6 nitrogen and oxygen atoms in total. The Bertz CT molecular complexity index is 1120. The molecule has 1 heterocycles. The highest BCUT2D eigenvalue weighted by Gasteiger charge is 2.36. The predicted octanol–water partition coefficient (Wildman–Crippen LogP) is 5.29. The highest BCUT2D eigenvalue weighted by Crippen LogP contribution is 2.37. The van der Waals surface area contributed by atoms with E-state index >= 15 is 0 Å². The molecule has 1 aliphatic heterocycles. The standard InChI is InChI=1S/C29H33N3O3/c30-23-10-6-18-32(19-23)27-17-12-22-9-4-5-11-26(22)28(27)35-25-15-13-24(14-16-25)31-29(33)34-20-21-7-2-1-3-8-21/h1-5,7-9,11,13-16,23,27-28H,6,10,12,17-20,30H2,(H,31,33)/t23-,27+,28+/m1/s1. The van der Waals surface area contributed by atoms with E-state index in [0.29, 0.717) is 11.7 Å². The summed E-state index contributed by atoms with van der Waals surface area (Å²) < 4.78 is 11.9. The maximum Gasteiger partial charge on any atom is 0.411 e. The summed E-state index contributed by atoms with van der Waals surface area (Å²) in [6, 6.07) is 26.2. The molecule has 0 aromatic heterocycles. The van der Waals surface area contributed by atoms with Crippen LogP contribution >= 0.6 is 0 Å². The third kappa shape index (κ3) is 5.84. The SMILES string of the molecule is N[C@@H]1CCCN([C@H]2CCc3ccccc3[C@@H]2Oc2ccc(NC(=O)OCc3ccccc3)cc2)C1. The summed E-state index contributed by atoms with van der Waals surface area (Å²) in [6.07, 6.45) is 3.80. The third-order valence-corrected chi connectivity index (χ3v) is 6.96. The van der Waals surface area contributed by atoms with E-state index in [-0.39, 0.29) is 18.8 Å². The molecule has 0 unspecified atom stereocenters. The Morgan fingerprint density at radius 1 is 0.971 bits per heavy atom. The van der Waals surface area contributed by atoms with E-state index < -0.39 is 6.09 Å². The monoisotopic (exact) mass is 471 g/mol. The molecule has 3 N–H and O–H groups in total. The van der Waals surface area contributed by atoms with Crippen LogP contribution < -0.4 is 15.8 Å². The van der Waals surface area contributed by atoms with Crippen LogP contribution in [0.25, 0.3) is 0 Å². The summed E-state index contributed by atoms with van der Waals surface area (Å²) in [4.78, 5) is 14.7. The van der Waals surface area contributed by atoms with Crippen LogP contribution in [0.3, 0.4) is 0 Å². The van der Waals surface area contributed by atoms with E-state index in [9.17, 15) is 4.79 Å². The number of likely N-dealkylation sites (tertiary alicyclic amines) is 1. The van der Waals surface area contributed by atoms with Crippen molar-refractivity contribution < 1.29 is 14.3 Å². The van der Waals surface area contributed by atoms with Crippen LogP contribution in [0.15, 0.2) is 78.9 Å². The number of carbonyl (C=O) groups is 1. The number of ether oxygens (including phenoxy) is 2. The number of hydrogen-bond donors (Lipinski definition) is 2. The van der Waals surface area contributed by atoms with E-state index in [2.05, 4.69) is 34.5 Å². The van der Waals surface area contributed by atoms with Gasteiger partial charge in [-0.15, -0.1) is 0 Å². The number of benzene rings is 3. The Hall–Kier alpha value is -3.35. The van der Waals surface area contributed by atoms with Crippen molar-refractivity contribution in [1.29, 1.82) is 0 Å². The van der Waals surface area contributed by atoms with Crippen LogP contribution in [-0.2, 0) is 17.8 Å². The first-order valence-corrected chi connectivity index (χ1v) is 12.5. The number of hydrogen-bond acceptors (Lipinski definition) is 5. The summed E-state index contributed by atoms with van der Waals surface area (Å²) >= 11 is 0. The number of anilines is 1. The van der Waals surface area contributed by atoms with Crippen LogP contribution in [0.4, 0.5) is 10.5 Å². The number of fused-ring (bicyclic) bond motifs is 1. The number of nitrogens with two attached hydrogens (primary N) is 1. The highest BCUT2D eigenvalue weighted by molar-refractivity contribution is 5.84. The van der Waals surface area contributed by atoms with Gasteiger partial charge in [-0.2, -0.15) is 0 Å². The molecule has 1 aliphatic carbocycles. The van der Waals surface area contributed by atoms with Crippen molar-refractivity contribution in [3.63, 3.8) is 0 Å². The minimum absolute atomic E-state index is 0.0557. The molecule has 5 rings (SSSR count). The maximum atomic E-state index is 12.2. The van der Waals surface area contributed by atoms with E-state index in [4.69, 9.17) is 15.2 Å². The van der Waals surface area contributed by atoms with Crippen LogP contribution in [0, 0.1) is 0 Å². The molecule has 182 valence electrons. The van der Waals surface area contributed by atoms with Gasteiger partial charge in [0.1, 0.15) is 18.5 Å². The fourth-order valence-corrected chi connectivity index (χ4v) is 5.20. The average Bonchev–Trinajstić information content (AvgIpc) is 2.89. The lowest BCUT2D eigenvalue weighted by atomic mass is 9.84. The number of carbonyl (C=O) groups excluding carboxylic acids is 1. The zero-order valence-corrected chi connectivity index (χ0v) is 19.9. The van der Waals surface area contributed by atoms with Crippen molar-refractivity contribution in [2.75, 3.05) is 18.4 Å². The second-order valence-electron chi connectivity index (χ2n) is 9.45. The minimum Gasteiger partial charge on any atom is -0.484 e. The van der Waals surface area contributed by atoms with Crippen molar-refractivity contribution in [3.05, 3.63) is 95.6 Å². The summed E-state index contributed by atoms with van der Waals surface area (Å²) in [5.41, 5.74) is 10.5. The molecule has 6 heteroatoms. The Morgan fingerprint density at radius 3 is 2.54 bits per heavy atom. The largest absolute Gasteiger partial charge is 0.484 e. The molecular weight excluding hydrogens is 438 g/mol. The van der Waals surface area contributed by atoms with Gasteiger partial charge in [0.05, 0.1) is 6.04 Å². The maximum absolute atomic E-state index is 12.2. The van der Waals surface area contributed by atoms with E-state index in [1.807, 2.05) is 54.6 Å². The quantitative estimate of drug-likeness (QED) is 0.511. The molecule has 3 aromatic rings. The second-order valence-corrected chi connectivity index (χ2v) is 9.45. The topological polar surface area (TPSA) is 76.8 Å². The smallest absolute Gasteiger partial charge is 0.411 e. The van der Waals surface area contributed by atoms with E-state index in [1.54, 1.807) is 0 Å². The number of aryl methyl sites for hydroxylation is 1. The molecule has 35 heavy (non-hydrogen) atoms. The van der Waals surface area contributed by atoms with Crippen LogP contribution in [0.1, 0.15) is 42.1 Å². The molecule has 0 radical (unpaired) electrons. The molecule has 3 aromatic carbocycles. The molecule has 1 saturated heterocycles. The van der Waals surface area contributed by atoms with Gasteiger partial charge in [-0.05, 0) is 73.2 Å². The summed E-state index contributed by atoms with van der Waals surface area (Å²) in [6.45, 7) is 2.21. The molecule has 2 aliphatic rings. The van der Waals surface area contributed by atoms with Crippen LogP contribution in [0.5, 0.6) is 5.75 Å². The molecule has 0 saturated carbocycles. The Morgan fingerprint density at radius 2 is 1.74 bits per heavy atom. The van der Waals surface area contributed by atoms with E-state index in [0.717, 1.165) is 50.1 Å². The normalized spacial score (nSPS) is 22.1. The van der Waals surface area contributed by atoms with Gasteiger partial charge >= 0.3 is 6.09 Å². The van der Waals surface area contributed by atoms with Gasteiger partial charge in [-0.1, -0.05) is 54.6 Å². The van der Waals surface area contributed by atoms with Gasteiger partial charge in [0.15, 0.2) is 0 Å². The number of rotatable bonds is 6. The number of nitrogens with one attached hydrogen (secondary N) is 1. The summed E-state index contributed by atoms with van der Waals surface area (Å²) in [7, 11) is 0. The first kappa shape index (κ1) is 23.4. The van der Waals surface area contributed by atoms with E-state index in [1.165, 1.54) is 11.1 Å². The fourth-order valence-electron chi connectivity index (χ4n) is 5.20. The summed E-state index contributed by atoms with van der Waals surface area (Å²) in [5, 5.41) is 2.79. The van der Waals surface area contributed by atoms with Gasteiger partial charge in [0, 0.05) is 18.3 Å². The van der Waals surface area contributed by atoms with Crippen LogP contribution in [0.2, 0.25) is 0 Å². The lowest BCUT2D eigenvalue weighted by molar-refractivity contribution is 0.0367. The van der Waals surface area contributed by atoms with Crippen molar-refractivity contribution in [2.45, 2.75) is 50.5 Å². The van der Waals surface area contributed by atoms with Crippen molar-refractivity contribution in [3.8, 4) is 5.75 Å². The molecule has 3 atom stereocenters. The first-order chi connectivity index (χ1) is 17.2. The lowest BCUT2D eigenvalue weighted by Gasteiger charge is -2.43. The summed E-state index contributed by atoms with van der Waals surface area (Å²) in [5.74, 6) is 0.779. The predicted molar refractivity (Wildman–Crippen MR) is 137 cm³/mol. The minimum atomic E-state index is -0.481. The van der Waals surface area contributed by atoms with Gasteiger partial charge in [0.25, 0.3) is 0 Å². The van der Waals surface area contributed by atoms with Gasteiger partial charge < -0.3 is 15.2 Å². The second kappa shape index (κ2) is 10.9. The van der Waals surface area contributed by atoms with Gasteiger partial charge in [0.2, 0.25) is 0 Å². The van der Waals surface area contributed by atoms with Gasteiger partial charge in [-0.3, -0.25) is 10.2 Å². The molecule has 1 amide bonds. The lowest BCUT2D eigenvalue weighted by Crippen LogP contribution is -2.51. The molecular formula is C29H33N3O3. The molecule has 0 spiro atoms. The zero-order chi connectivity index (χ0) is 24.0. The molecule has 0 bridgehead atoms. The van der Waals surface area contributed by atoms with Crippen LogP contribution in [-0.4, -0.2) is 36.2 Å². The first-order valence-electron chi connectivity index (χ1n) is 12.5. The van der Waals surface area contributed by atoms with Gasteiger partial charge in [-0.25, -0.2) is 4.79 Å². The zero-order valence-electron chi connectivity index (χ0n) is 19.9.